The van der Waals surface area contributed by atoms with E-state index in [1.54, 1.807) is 12.1 Å². The lowest BCUT2D eigenvalue weighted by Gasteiger charge is -2.05. The molecular formula is C12H6BrF2NO2S. The van der Waals surface area contributed by atoms with E-state index in [-0.39, 0.29) is 10.6 Å². The SMILES string of the molecule is O=C(O)c1cc(Sc2ncc(F)cc2F)ccc1Br. The average Bonchev–Trinajstić information content (AvgIpc) is 2.34. The van der Waals surface area contributed by atoms with Crippen LogP contribution in [0.3, 0.4) is 0 Å². The summed E-state index contributed by atoms with van der Waals surface area (Å²) in [6.45, 7) is 0. The summed E-state index contributed by atoms with van der Waals surface area (Å²) in [6, 6.07) is 5.28. The van der Waals surface area contributed by atoms with Crippen molar-refractivity contribution in [3.8, 4) is 0 Å². The van der Waals surface area contributed by atoms with Crippen LogP contribution in [0.2, 0.25) is 0 Å². The number of aromatic carboxylic acids is 1. The highest BCUT2D eigenvalue weighted by molar-refractivity contribution is 9.10. The maximum absolute atomic E-state index is 13.4. The van der Waals surface area contributed by atoms with Gasteiger partial charge in [-0.15, -0.1) is 0 Å². The lowest BCUT2D eigenvalue weighted by Crippen LogP contribution is -1.97. The molecular weight excluding hydrogens is 340 g/mol. The summed E-state index contributed by atoms with van der Waals surface area (Å²) in [4.78, 5) is 15.1. The first-order chi connectivity index (χ1) is 8.97. The van der Waals surface area contributed by atoms with E-state index in [0.717, 1.165) is 24.0 Å². The maximum atomic E-state index is 13.4. The van der Waals surface area contributed by atoms with Crippen LogP contribution < -0.4 is 0 Å². The van der Waals surface area contributed by atoms with Gasteiger partial charge in [0.15, 0.2) is 5.82 Å². The molecule has 1 N–H and O–H groups in total. The number of carbonyl (C=O) groups is 1. The number of rotatable bonds is 3. The fourth-order valence-electron chi connectivity index (χ4n) is 1.32. The van der Waals surface area contributed by atoms with Gasteiger partial charge in [-0.25, -0.2) is 18.6 Å². The van der Waals surface area contributed by atoms with Crippen molar-refractivity contribution in [1.29, 1.82) is 0 Å². The van der Waals surface area contributed by atoms with Crippen molar-refractivity contribution in [2.75, 3.05) is 0 Å². The van der Waals surface area contributed by atoms with E-state index in [4.69, 9.17) is 5.11 Å². The molecule has 0 spiro atoms. The minimum atomic E-state index is -1.10. The fraction of sp³-hybridized carbons (Fsp3) is 0. The number of halogens is 3. The number of pyridine rings is 1. The van der Waals surface area contributed by atoms with Crippen LogP contribution in [0.1, 0.15) is 10.4 Å². The Hall–Kier alpha value is -1.47. The predicted molar refractivity (Wildman–Crippen MR) is 69.4 cm³/mol. The van der Waals surface area contributed by atoms with Gasteiger partial charge in [0.1, 0.15) is 10.8 Å². The largest absolute Gasteiger partial charge is 0.478 e. The Kier molecular flexibility index (Phi) is 4.16. The van der Waals surface area contributed by atoms with E-state index in [0.29, 0.717) is 9.37 Å². The van der Waals surface area contributed by atoms with Gasteiger partial charge >= 0.3 is 5.97 Å². The Labute approximate surface area is 119 Å². The van der Waals surface area contributed by atoms with Crippen molar-refractivity contribution in [1.82, 2.24) is 4.98 Å². The Morgan fingerprint density at radius 2 is 2.05 bits per heavy atom. The Balaban J connectivity index is 2.33. The van der Waals surface area contributed by atoms with Crippen LogP contribution in [0.15, 0.2) is 44.9 Å². The summed E-state index contributed by atoms with van der Waals surface area (Å²) in [5, 5.41) is 8.95. The second-order valence-corrected chi connectivity index (χ2v) is 5.41. The number of carboxylic acid groups (broad SMARTS) is 1. The van der Waals surface area contributed by atoms with Crippen LogP contribution in [0.25, 0.3) is 0 Å². The molecule has 0 aliphatic heterocycles. The second-order valence-electron chi connectivity index (χ2n) is 3.49. The van der Waals surface area contributed by atoms with Crippen molar-refractivity contribution in [2.24, 2.45) is 0 Å². The molecule has 0 bridgehead atoms. The quantitative estimate of drug-likeness (QED) is 0.914. The van der Waals surface area contributed by atoms with Crippen molar-refractivity contribution in [3.05, 3.63) is 52.1 Å². The van der Waals surface area contributed by atoms with Crippen molar-refractivity contribution in [3.63, 3.8) is 0 Å². The maximum Gasteiger partial charge on any atom is 0.336 e. The second kappa shape index (κ2) is 5.66. The van der Waals surface area contributed by atoms with Gasteiger partial charge in [0.05, 0.1) is 11.8 Å². The molecule has 2 rings (SSSR count). The van der Waals surface area contributed by atoms with Crippen LogP contribution in [0.5, 0.6) is 0 Å². The third-order valence-electron chi connectivity index (χ3n) is 2.16. The zero-order chi connectivity index (χ0) is 14.0. The van der Waals surface area contributed by atoms with Crippen LogP contribution in [0, 0.1) is 11.6 Å². The van der Waals surface area contributed by atoms with Crippen LogP contribution in [-0.2, 0) is 0 Å². The fourth-order valence-corrected chi connectivity index (χ4v) is 2.53. The van der Waals surface area contributed by atoms with E-state index < -0.39 is 17.6 Å². The van der Waals surface area contributed by atoms with Crippen molar-refractivity contribution < 1.29 is 18.7 Å². The number of aromatic nitrogens is 1. The summed E-state index contributed by atoms with van der Waals surface area (Å²) in [6.07, 6.45) is 0.905. The third-order valence-corrected chi connectivity index (χ3v) is 3.83. The molecule has 0 unspecified atom stereocenters. The monoisotopic (exact) mass is 345 g/mol. The predicted octanol–water partition coefficient (Wildman–Crippen LogP) is 3.97. The summed E-state index contributed by atoms with van der Waals surface area (Å²) < 4.78 is 26.6. The van der Waals surface area contributed by atoms with Gasteiger partial charge in [0.25, 0.3) is 0 Å². The van der Waals surface area contributed by atoms with Crippen molar-refractivity contribution in [2.45, 2.75) is 9.92 Å². The van der Waals surface area contributed by atoms with Gasteiger partial charge in [-0.1, -0.05) is 11.8 Å². The van der Waals surface area contributed by atoms with Crippen LogP contribution >= 0.6 is 27.7 Å². The van der Waals surface area contributed by atoms with Crippen LogP contribution in [-0.4, -0.2) is 16.1 Å². The highest BCUT2D eigenvalue weighted by atomic mass is 79.9. The van der Waals surface area contributed by atoms with E-state index in [9.17, 15) is 13.6 Å². The van der Waals surface area contributed by atoms with Gasteiger partial charge < -0.3 is 5.11 Å². The lowest BCUT2D eigenvalue weighted by molar-refractivity contribution is 0.0695. The molecule has 1 aromatic heterocycles. The molecule has 1 aromatic carbocycles. The molecule has 2 aromatic rings. The smallest absolute Gasteiger partial charge is 0.336 e. The van der Waals surface area contributed by atoms with E-state index >= 15 is 0 Å². The number of carboxylic acids is 1. The molecule has 0 aliphatic carbocycles. The molecule has 0 saturated carbocycles. The van der Waals surface area contributed by atoms with Gasteiger partial charge in [-0.2, -0.15) is 0 Å². The highest BCUT2D eigenvalue weighted by Crippen LogP contribution is 2.31. The van der Waals surface area contributed by atoms with Gasteiger partial charge in [-0.3, -0.25) is 0 Å². The normalized spacial score (nSPS) is 10.5. The molecule has 3 nitrogen and oxygen atoms in total. The summed E-state index contributed by atoms with van der Waals surface area (Å²) in [5.74, 6) is -2.64. The molecule has 98 valence electrons. The molecule has 7 heteroatoms. The summed E-state index contributed by atoms with van der Waals surface area (Å²) >= 11 is 4.04. The molecule has 19 heavy (non-hydrogen) atoms. The zero-order valence-corrected chi connectivity index (χ0v) is 11.6. The van der Waals surface area contributed by atoms with Crippen molar-refractivity contribution >= 4 is 33.7 Å². The van der Waals surface area contributed by atoms with Gasteiger partial charge in [-0.05, 0) is 34.1 Å². The third kappa shape index (κ3) is 3.30. The average molecular weight is 346 g/mol. The van der Waals surface area contributed by atoms with Crippen LogP contribution in [0.4, 0.5) is 8.78 Å². The number of hydrogen-bond acceptors (Lipinski definition) is 3. The molecule has 0 amide bonds. The standard InChI is InChI=1S/C12H6BrF2NO2S/c13-9-2-1-7(4-8(9)12(17)18)19-11-10(15)3-6(14)5-16-11/h1-5H,(H,17,18). The zero-order valence-electron chi connectivity index (χ0n) is 9.23. The van der Waals surface area contributed by atoms with E-state index in [2.05, 4.69) is 20.9 Å². The van der Waals surface area contributed by atoms with E-state index in [1.165, 1.54) is 6.07 Å². The van der Waals surface area contributed by atoms with E-state index in [1.807, 2.05) is 0 Å². The minimum absolute atomic E-state index is 0.0138. The Morgan fingerprint density at radius 1 is 1.32 bits per heavy atom. The Morgan fingerprint density at radius 3 is 2.68 bits per heavy atom. The molecule has 0 saturated heterocycles. The Bertz CT molecular complexity index is 652. The number of benzene rings is 1. The lowest BCUT2D eigenvalue weighted by atomic mass is 10.2. The molecule has 0 fully saturated rings. The number of nitrogens with zero attached hydrogens (tertiary/aromatic N) is 1. The molecule has 0 aliphatic rings. The first-order valence-electron chi connectivity index (χ1n) is 4.99. The first kappa shape index (κ1) is 14.0. The molecule has 0 atom stereocenters. The topological polar surface area (TPSA) is 50.2 Å². The van der Waals surface area contributed by atoms with Gasteiger partial charge in [0.2, 0.25) is 0 Å². The molecule has 0 radical (unpaired) electrons. The summed E-state index contributed by atoms with van der Waals surface area (Å²) in [5.41, 5.74) is 0.0625. The first-order valence-corrected chi connectivity index (χ1v) is 6.60. The molecule has 1 heterocycles. The summed E-state index contributed by atoms with van der Waals surface area (Å²) in [7, 11) is 0. The number of hydrogen-bond donors (Lipinski definition) is 1. The highest BCUT2D eigenvalue weighted by Gasteiger charge is 2.12. The van der Waals surface area contributed by atoms with Gasteiger partial charge in [0, 0.05) is 15.4 Å². The minimum Gasteiger partial charge on any atom is -0.478 e.